The van der Waals surface area contributed by atoms with E-state index in [1.165, 1.54) is 4.90 Å². The summed E-state index contributed by atoms with van der Waals surface area (Å²) in [6, 6.07) is -1.32. The Bertz CT molecular complexity index is 1290. The van der Waals surface area contributed by atoms with Gasteiger partial charge in [0.2, 0.25) is 5.91 Å². The predicted molar refractivity (Wildman–Crippen MR) is 194 cm³/mol. The summed E-state index contributed by atoms with van der Waals surface area (Å²) in [4.78, 5) is 103. The van der Waals surface area contributed by atoms with E-state index in [0.29, 0.717) is 0 Å². The van der Waals surface area contributed by atoms with Gasteiger partial charge in [0.15, 0.2) is 5.78 Å². The van der Waals surface area contributed by atoms with Gasteiger partial charge in [-0.2, -0.15) is 0 Å². The molecule has 2 aliphatic rings. The normalized spacial score (nSPS) is 17.2. The number of aliphatic carboxylic acids is 6. The highest BCUT2D eigenvalue weighted by atomic mass is 16.4. The second-order valence-corrected chi connectivity index (χ2v) is 14.9. The molecule has 2 atom stereocenters. The van der Waals surface area contributed by atoms with Crippen molar-refractivity contribution in [1.82, 2.24) is 20.0 Å². The van der Waals surface area contributed by atoms with Gasteiger partial charge in [-0.3, -0.25) is 53.1 Å². The Morgan fingerprint density at radius 2 is 1.04 bits per heavy atom. The number of nitrogens with zero attached hydrogens (tertiary/aromatic N) is 3. The second kappa shape index (κ2) is 23.7. The number of carboxylic acids is 6. The number of unbranched alkanes of at least 4 members (excludes halogenated alkanes) is 1. The number of carbonyl (C=O) groups is 8. The van der Waals surface area contributed by atoms with E-state index in [1.807, 2.05) is 0 Å². The Morgan fingerprint density at radius 3 is 1.47 bits per heavy atom. The number of carbonyl (C=O) groups excluding carboxylic acids is 2. The summed E-state index contributed by atoms with van der Waals surface area (Å²) in [6.45, 7) is -4.84. The molecule has 19 heteroatoms. The lowest BCUT2D eigenvalue weighted by molar-refractivity contribution is -0.155. The molecule has 55 heavy (non-hydrogen) atoms. The van der Waals surface area contributed by atoms with Crippen LogP contribution in [0.15, 0.2) is 0 Å². The molecule has 312 valence electrons. The number of hydrogen-bond donors (Lipinski definition) is 8. The van der Waals surface area contributed by atoms with Gasteiger partial charge < -0.3 is 41.7 Å². The van der Waals surface area contributed by atoms with Crippen LogP contribution in [0.25, 0.3) is 0 Å². The van der Waals surface area contributed by atoms with Crippen molar-refractivity contribution in [3.8, 4) is 0 Å². The first-order valence-corrected chi connectivity index (χ1v) is 19.0. The van der Waals surface area contributed by atoms with Crippen LogP contribution in [0.4, 0.5) is 0 Å². The summed E-state index contributed by atoms with van der Waals surface area (Å²) in [6.07, 6.45) is 7.95. The van der Waals surface area contributed by atoms with Gasteiger partial charge in [-0.1, -0.05) is 38.5 Å². The summed E-state index contributed by atoms with van der Waals surface area (Å²) < 4.78 is 0. The van der Waals surface area contributed by atoms with Crippen molar-refractivity contribution < 1.29 is 69.0 Å². The van der Waals surface area contributed by atoms with E-state index in [1.54, 1.807) is 0 Å². The van der Waals surface area contributed by atoms with Crippen molar-refractivity contribution in [2.24, 2.45) is 23.5 Å². The standard InChI is InChI=1S/C36H59N5O14/c37-26(17-27(42)43)35(55)38-14-8-7-13-36(41(21-31(50)51)22-32(52)53,23-40(20-30(48)49)16-15-39(18-28(44)45)19-29(46)47)34(54)33(24-9-3-1-4-10-24)25-11-5-2-6-12-25/h24-26,33H,1-23,37H2,(H,38,55)(H,42,43)(H,44,45)(H,46,47)(H,48,49)(H,50,51)(H,52,53)/t26-,36?/m0/s1. The molecular weight excluding hydrogens is 726 g/mol. The highest BCUT2D eigenvalue weighted by Gasteiger charge is 2.52. The van der Waals surface area contributed by atoms with E-state index in [9.17, 15) is 59.1 Å². The summed E-state index contributed by atoms with van der Waals surface area (Å²) in [5.41, 5.74) is 3.77. The van der Waals surface area contributed by atoms with Crippen molar-refractivity contribution >= 4 is 47.5 Å². The molecule has 1 unspecified atom stereocenters. The minimum absolute atomic E-state index is 0.0128. The van der Waals surface area contributed by atoms with E-state index in [4.69, 9.17) is 10.8 Å². The quantitative estimate of drug-likeness (QED) is 0.0501. The van der Waals surface area contributed by atoms with Gasteiger partial charge in [-0.15, -0.1) is 0 Å². The first-order chi connectivity index (χ1) is 25.9. The topological polar surface area (TPSA) is 306 Å². The molecule has 0 spiro atoms. The van der Waals surface area contributed by atoms with Crippen LogP contribution in [-0.4, -0.2) is 163 Å². The van der Waals surface area contributed by atoms with Crippen molar-refractivity contribution in [2.75, 3.05) is 58.9 Å². The molecule has 19 nitrogen and oxygen atoms in total. The van der Waals surface area contributed by atoms with Crippen LogP contribution >= 0.6 is 0 Å². The molecule has 2 rings (SSSR count). The molecule has 0 aromatic heterocycles. The van der Waals surface area contributed by atoms with E-state index < -0.39 is 105 Å². The van der Waals surface area contributed by atoms with Crippen LogP contribution in [0.1, 0.15) is 89.9 Å². The third-order valence-electron chi connectivity index (χ3n) is 10.7. The molecule has 0 radical (unpaired) electrons. The third-order valence-corrected chi connectivity index (χ3v) is 10.7. The summed E-state index contributed by atoms with van der Waals surface area (Å²) in [7, 11) is 0. The van der Waals surface area contributed by atoms with E-state index >= 15 is 4.79 Å². The van der Waals surface area contributed by atoms with E-state index in [2.05, 4.69) is 5.32 Å². The smallest absolute Gasteiger partial charge is 0.317 e. The SMILES string of the molecule is N[C@@H](CC(=O)O)C(=O)NCCCCC(CN(CCN(CC(=O)O)CC(=O)O)CC(=O)O)(C(=O)C(C1CCCCC1)C1CCCCC1)N(CC(=O)O)CC(=O)O. The van der Waals surface area contributed by atoms with Crippen LogP contribution in [0.2, 0.25) is 0 Å². The Hall–Kier alpha value is -4.20. The average molecular weight is 786 g/mol. The average Bonchev–Trinajstić information content (AvgIpc) is 3.09. The Balaban J connectivity index is 2.71. The fourth-order valence-corrected chi connectivity index (χ4v) is 8.31. The molecule has 9 N–H and O–H groups in total. The van der Waals surface area contributed by atoms with Crippen LogP contribution in [0.5, 0.6) is 0 Å². The number of rotatable bonds is 28. The maximum atomic E-state index is 15.7. The lowest BCUT2D eigenvalue weighted by Gasteiger charge is -2.49. The number of hydrogen-bond acceptors (Lipinski definition) is 12. The fraction of sp³-hybridized carbons (Fsp3) is 0.778. The van der Waals surface area contributed by atoms with Gasteiger partial charge in [0, 0.05) is 32.1 Å². The molecule has 2 saturated carbocycles. The van der Waals surface area contributed by atoms with E-state index in [0.717, 1.165) is 74.0 Å². The van der Waals surface area contributed by atoms with Gasteiger partial charge in [0.25, 0.3) is 0 Å². The van der Waals surface area contributed by atoms with Crippen molar-refractivity contribution in [3.05, 3.63) is 0 Å². The van der Waals surface area contributed by atoms with Gasteiger partial charge in [0.05, 0.1) is 50.7 Å². The Labute approximate surface area is 320 Å². The number of nitrogens with one attached hydrogen (secondary N) is 1. The number of carboxylic acid groups (broad SMARTS) is 6. The number of Topliss-reactive ketones (excluding diaryl/α,β-unsaturated/α-hetero) is 1. The monoisotopic (exact) mass is 785 g/mol. The van der Waals surface area contributed by atoms with Crippen LogP contribution in [0.3, 0.4) is 0 Å². The van der Waals surface area contributed by atoms with Gasteiger partial charge in [-0.25, -0.2) is 0 Å². The molecule has 1 amide bonds. The zero-order chi connectivity index (χ0) is 41.1. The van der Waals surface area contributed by atoms with Crippen LogP contribution < -0.4 is 11.1 Å². The maximum absolute atomic E-state index is 15.7. The highest BCUT2D eigenvalue weighted by molar-refractivity contribution is 5.92. The van der Waals surface area contributed by atoms with Crippen LogP contribution in [-0.2, 0) is 38.4 Å². The number of nitrogens with two attached hydrogens (primary N) is 1. The number of ketones is 1. The maximum Gasteiger partial charge on any atom is 0.317 e. The molecule has 0 saturated heterocycles. The zero-order valence-corrected chi connectivity index (χ0v) is 31.4. The minimum atomic E-state index is -1.90. The Kier molecular flexibility index (Phi) is 20.2. The lowest BCUT2D eigenvalue weighted by Crippen LogP contribution is -2.66. The first-order valence-electron chi connectivity index (χ1n) is 19.0. The lowest BCUT2D eigenvalue weighted by atomic mass is 9.63. The predicted octanol–water partition coefficient (Wildman–Crippen LogP) is 0.489. The summed E-state index contributed by atoms with van der Waals surface area (Å²) in [5.74, 6) is -9.99. The van der Waals surface area contributed by atoms with Crippen LogP contribution in [0, 0.1) is 17.8 Å². The molecule has 2 fully saturated rings. The van der Waals surface area contributed by atoms with Crippen molar-refractivity contribution in [1.29, 1.82) is 0 Å². The molecular formula is C36H59N5O14. The molecule has 0 heterocycles. The largest absolute Gasteiger partial charge is 0.481 e. The Morgan fingerprint density at radius 1 is 0.600 bits per heavy atom. The molecule has 2 aliphatic carbocycles. The minimum Gasteiger partial charge on any atom is -0.481 e. The summed E-state index contributed by atoms with van der Waals surface area (Å²) >= 11 is 0. The zero-order valence-electron chi connectivity index (χ0n) is 31.4. The van der Waals surface area contributed by atoms with Crippen molar-refractivity contribution in [3.63, 3.8) is 0 Å². The molecule has 0 aromatic carbocycles. The van der Waals surface area contributed by atoms with Gasteiger partial charge in [0.1, 0.15) is 0 Å². The van der Waals surface area contributed by atoms with Gasteiger partial charge >= 0.3 is 35.8 Å². The molecule has 0 aliphatic heterocycles. The molecule has 0 aromatic rings. The van der Waals surface area contributed by atoms with E-state index in [-0.39, 0.29) is 56.5 Å². The first kappa shape index (κ1) is 47.0. The summed E-state index contributed by atoms with van der Waals surface area (Å²) in [5, 5.41) is 60.6. The fourth-order valence-electron chi connectivity index (χ4n) is 8.31. The third kappa shape index (κ3) is 16.6. The van der Waals surface area contributed by atoms with Gasteiger partial charge in [-0.05, 0) is 56.8 Å². The number of amides is 1. The van der Waals surface area contributed by atoms with Crippen molar-refractivity contribution in [2.45, 2.75) is 101 Å². The highest BCUT2D eigenvalue weighted by Crippen LogP contribution is 2.44. The molecule has 0 bridgehead atoms. The second-order valence-electron chi connectivity index (χ2n) is 14.9.